The van der Waals surface area contributed by atoms with Gasteiger partial charge in [0.1, 0.15) is 6.10 Å². The van der Waals surface area contributed by atoms with Gasteiger partial charge < -0.3 is 9.47 Å². The van der Waals surface area contributed by atoms with E-state index in [9.17, 15) is 9.59 Å². The fourth-order valence-electron chi connectivity index (χ4n) is 2.97. The molecule has 0 heterocycles. The molecule has 134 valence electrons. The molecule has 0 aliphatic heterocycles. The van der Waals surface area contributed by atoms with Crippen molar-refractivity contribution in [3.8, 4) is 0 Å². The van der Waals surface area contributed by atoms with E-state index in [1.54, 1.807) is 0 Å². The van der Waals surface area contributed by atoms with Gasteiger partial charge in [-0.15, -0.1) is 0 Å². The Morgan fingerprint density at radius 2 is 1.56 bits per heavy atom. The third-order valence-electron chi connectivity index (χ3n) is 4.60. The minimum atomic E-state index is -0.343. The number of methoxy groups -OCH3 is 1. The average Bonchev–Trinajstić information content (AvgIpc) is 2.60. The van der Waals surface area contributed by atoms with Gasteiger partial charge in [0.25, 0.3) is 0 Å². The molecule has 0 aliphatic rings. The summed E-state index contributed by atoms with van der Waals surface area (Å²) in [5.74, 6) is -0.476. The van der Waals surface area contributed by atoms with Crippen molar-refractivity contribution in [1.82, 2.24) is 0 Å². The zero-order valence-corrected chi connectivity index (χ0v) is 15.3. The van der Waals surface area contributed by atoms with Gasteiger partial charge in [-0.25, -0.2) is 0 Å². The van der Waals surface area contributed by atoms with Gasteiger partial charge in [-0.1, -0.05) is 56.3 Å². The molecule has 0 N–H and O–H groups in total. The molecule has 2 aromatic carbocycles. The monoisotopic (exact) mass is 342 g/mol. The molecule has 2 aromatic rings. The highest BCUT2D eigenvalue weighted by atomic mass is 16.5. The second kappa shape index (κ2) is 8.65. The van der Waals surface area contributed by atoms with E-state index >= 15 is 0 Å². The number of carbonyl (C=O) groups excluding carboxylic acids is 2. The largest absolute Gasteiger partial charge is 0.469 e. The number of hydrogen-bond donors (Lipinski definition) is 0. The van der Waals surface area contributed by atoms with Gasteiger partial charge in [0.05, 0.1) is 7.11 Å². The second-order valence-corrected chi connectivity index (χ2v) is 6.69. The molecule has 2 rings (SSSR count). The number of hydrogen-bond acceptors (Lipinski definition) is 4. The maximum absolute atomic E-state index is 12.4. The molecule has 0 bridgehead atoms. The first-order chi connectivity index (χ1) is 11.9. The number of carbonyl (C=O) groups is 2. The average molecular weight is 342 g/mol. The van der Waals surface area contributed by atoms with E-state index in [1.165, 1.54) is 7.11 Å². The summed E-state index contributed by atoms with van der Waals surface area (Å²) in [5, 5.41) is 2.20. The van der Waals surface area contributed by atoms with E-state index in [2.05, 4.69) is 0 Å². The lowest BCUT2D eigenvalue weighted by Crippen LogP contribution is -2.21. The van der Waals surface area contributed by atoms with E-state index in [4.69, 9.17) is 9.47 Å². The Hall–Kier alpha value is -2.36. The maximum atomic E-state index is 12.4. The zero-order chi connectivity index (χ0) is 18.4. The molecule has 25 heavy (non-hydrogen) atoms. The molecule has 2 atom stereocenters. The van der Waals surface area contributed by atoms with Crippen LogP contribution in [0.4, 0.5) is 0 Å². The van der Waals surface area contributed by atoms with Crippen molar-refractivity contribution in [1.29, 1.82) is 0 Å². The van der Waals surface area contributed by atoms with Crippen LogP contribution in [0.2, 0.25) is 0 Å². The normalized spacial score (nSPS) is 13.5. The fraction of sp³-hybridized carbons (Fsp3) is 0.429. The molecule has 4 heteroatoms. The molecule has 0 saturated carbocycles. The molecule has 0 aromatic heterocycles. The molecule has 4 nitrogen and oxygen atoms in total. The van der Waals surface area contributed by atoms with E-state index < -0.39 is 0 Å². The minimum Gasteiger partial charge on any atom is -0.469 e. The van der Waals surface area contributed by atoms with Crippen molar-refractivity contribution in [2.24, 2.45) is 11.8 Å². The van der Waals surface area contributed by atoms with E-state index in [-0.39, 0.29) is 42.7 Å². The summed E-state index contributed by atoms with van der Waals surface area (Å²) < 4.78 is 10.4. The predicted octanol–water partition coefficient (Wildman–Crippen LogP) is 4.67. The lowest BCUT2D eigenvalue weighted by Gasteiger charge is -2.21. The molecule has 0 aliphatic carbocycles. The van der Waals surface area contributed by atoms with Crippen LogP contribution in [0.5, 0.6) is 0 Å². The quantitative estimate of drug-likeness (QED) is 0.686. The van der Waals surface area contributed by atoms with Crippen LogP contribution in [0.15, 0.2) is 42.5 Å². The van der Waals surface area contributed by atoms with Gasteiger partial charge in [0, 0.05) is 12.8 Å². The van der Waals surface area contributed by atoms with Gasteiger partial charge in [-0.05, 0) is 35.1 Å². The van der Waals surface area contributed by atoms with Crippen molar-refractivity contribution < 1.29 is 19.1 Å². The Bertz CT molecular complexity index is 730. The molecule has 0 amide bonds. The van der Waals surface area contributed by atoms with Crippen molar-refractivity contribution in [2.75, 3.05) is 7.11 Å². The molecule has 0 saturated heterocycles. The first kappa shape index (κ1) is 19.0. The lowest BCUT2D eigenvalue weighted by molar-refractivity contribution is -0.151. The van der Waals surface area contributed by atoms with Crippen LogP contribution in [0.3, 0.4) is 0 Å². The minimum absolute atomic E-state index is 0.0836. The fourth-order valence-corrected chi connectivity index (χ4v) is 2.97. The molecular formula is C21H26O4. The highest BCUT2D eigenvalue weighted by Crippen LogP contribution is 2.28. The summed E-state index contributed by atoms with van der Waals surface area (Å²) in [4.78, 5) is 23.9. The van der Waals surface area contributed by atoms with Crippen molar-refractivity contribution in [3.05, 3.63) is 48.0 Å². The Labute approximate surface area is 149 Å². The van der Waals surface area contributed by atoms with Gasteiger partial charge in [0.2, 0.25) is 0 Å². The number of ether oxygens (including phenoxy) is 2. The van der Waals surface area contributed by atoms with Crippen LogP contribution in [-0.2, 0) is 19.1 Å². The summed E-state index contributed by atoms with van der Waals surface area (Å²) >= 11 is 0. The summed E-state index contributed by atoms with van der Waals surface area (Å²) in [6.07, 6.45) is 0.0953. The third-order valence-corrected chi connectivity index (χ3v) is 4.60. The van der Waals surface area contributed by atoms with Crippen LogP contribution < -0.4 is 0 Å². The Balaban J connectivity index is 2.07. The van der Waals surface area contributed by atoms with E-state index in [0.29, 0.717) is 0 Å². The first-order valence-electron chi connectivity index (χ1n) is 8.66. The molecule has 0 spiro atoms. The summed E-state index contributed by atoms with van der Waals surface area (Å²) in [5.41, 5.74) is 0.987. The van der Waals surface area contributed by atoms with Gasteiger partial charge in [-0.3, -0.25) is 9.59 Å². The Kier molecular flexibility index (Phi) is 6.57. The second-order valence-electron chi connectivity index (χ2n) is 6.69. The third kappa shape index (κ3) is 5.05. The van der Waals surface area contributed by atoms with Crippen molar-refractivity contribution in [2.45, 2.75) is 39.7 Å². The zero-order valence-electron chi connectivity index (χ0n) is 15.3. The molecular weight excluding hydrogens is 316 g/mol. The van der Waals surface area contributed by atoms with E-state index in [1.807, 2.05) is 63.2 Å². The van der Waals surface area contributed by atoms with Crippen LogP contribution in [0.25, 0.3) is 10.8 Å². The molecule has 0 fully saturated rings. The predicted molar refractivity (Wildman–Crippen MR) is 98.0 cm³/mol. The molecule has 0 unspecified atom stereocenters. The van der Waals surface area contributed by atoms with E-state index in [0.717, 1.165) is 16.3 Å². The number of rotatable bonds is 7. The lowest BCUT2D eigenvalue weighted by atomic mass is 9.89. The Morgan fingerprint density at radius 3 is 2.24 bits per heavy atom. The van der Waals surface area contributed by atoms with Crippen LogP contribution in [-0.4, -0.2) is 19.0 Å². The summed E-state index contributed by atoms with van der Waals surface area (Å²) in [7, 11) is 1.36. The van der Waals surface area contributed by atoms with Crippen molar-refractivity contribution >= 4 is 22.7 Å². The highest BCUT2D eigenvalue weighted by Gasteiger charge is 2.23. The number of esters is 2. The van der Waals surface area contributed by atoms with Crippen molar-refractivity contribution in [3.63, 3.8) is 0 Å². The smallest absolute Gasteiger partial charge is 0.306 e. The van der Waals surface area contributed by atoms with Gasteiger partial charge >= 0.3 is 11.9 Å². The van der Waals surface area contributed by atoms with Crippen LogP contribution >= 0.6 is 0 Å². The summed E-state index contributed by atoms with van der Waals surface area (Å²) in [6.45, 7) is 5.87. The van der Waals surface area contributed by atoms with Crippen LogP contribution in [0, 0.1) is 11.8 Å². The SMILES string of the molecule is COC(=O)C[C@H](CC(=O)O[C@@H](C)c1cccc2ccccc12)C(C)C. The topological polar surface area (TPSA) is 52.6 Å². The first-order valence-corrected chi connectivity index (χ1v) is 8.66. The van der Waals surface area contributed by atoms with Gasteiger partial charge in [-0.2, -0.15) is 0 Å². The Morgan fingerprint density at radius 1 is 0.920 bits per heavy atom. The van der Waals surface area contributed by atoms with Crippen LogP contribution in [0.1, 0.15) is 45.3 Å². The highest BCUT2D eigenvalue weighted by molar-refractivity contribution is 5.86. The maximum Gasteiger partial charge on any atom is 0.306 e. The number of fused-ring (bicyclic) bond motifs is 1. The molecule has 0 radical (unpaired) electrons. The number of benzene rings is 2. The standard InChI is InChI=1S/C21H26O4/c1-14(2)17(12-20(22)24-4)13-21(23)25-15(3)18-11-7-9-16-8-5-6-10-19(16)18/h5-11,14-15,17H,12-13H2,1-4H3/t15-,17+/m0/s1. The van der Waals surface area contributed by atoms with Gasteiger partial charge in [0.15, 0.2) is 0 Å². The summed E-state index contributed by atoms with van der Waals surface area (Å²) in [6, 6.07) is 14.0.